The largest absolute Gasteiger partial charge is 0.460 e. The molecule has 0 amide bonds. The fourth-order valence-electron chi connectivity index (χ4n) is 3.52. The molecule has 0 aliphatic rings. The molecule has 250 valence electrons. The molecule has 0 heterocycles. The molecule has 0 N–H and O–H groups in total. The van der Waals surface area contributed by atoms with Gasteiger partial charge in [-0.1, -0.05) is 50.8 Å². The summed E-state index contributed by atoms with van der Waals surface area (Å²) >= 11 is 0. The minimum atomic E-state index is -0.352. The lowest BCUT2D eigenvalue weighted by molar-refractivity contribution is -0.0259. The third kappa shape index (κ3) is 28.8. The number of rotatable bonds is 34. The number of ether oxygens (including phenoxy) is 10. The quantitative estimate of drug-likeness (QED) is 0.0829. The maximum atomic E-state index is 11.8. The predicted octanol–water partition coefficient (Wildman–Crippen LogP) is 3.96. The number of benzene rings is 1. The Kier molecular flexibility index (Phi) is 30.4. The van der Waals surface area contributed by atoms with Crippen molar-refractivity contribution in [2.45, 2.75) is 39.0 Å². The molecule has 0 unspecified atom stereocenters. The summed E-state index contributed by atoms with van der Waals surface area (Å²) in [5.41, 5.74) is 0.529. The summed E-state index contributed by atoms with van der Waals surface area (Å²) in [5.74, 6) is -0.352. The molecule has 43 heavy (non-hydrogen) atoms. The highest BCUT2D eigenvalue weighted by atomic mass is 16.6. The average Bonchev–Trinajstić information content (AvgIpc) is 3.03. The predicted molar refractivity (Wildman–Crippen MR) is 163 cm³/mol. The van der Waals surface area contributed by atoms with Gasteiger partial charge in [0.15, 0.2) is 0 Å². The number of esters is 1. The molecule has 0 bridgehead atoms. The Balaban J connectivity index is 1.64. The summed E-state index contributed by atoms with van der Waals surface area (Å²) in [7, 11) is 0. The number of carbonyl (C=O) groups is 1. The van der Waals surface area contributed by atoms with Crippen molar-refractivity contribution in [2.75, 3.05) is 126 Å². The van der Waals surface area contributed by atoms with Crippen LogP contribution in [0, 0.1) is 0 Å². The van der Waals surface area contributed by atoms with Crippen LogP contribution in [0.3, 0.4) is 0 Å². The molecular formula is C32H56O11. The van der Waals surface area contributed by atoms with Crippen molar-refractivity contribution >= 4 is 5.97 Å². The van der Waals surface area contributed by atoms with Crippen LogP contribution in [0.5, 0.6) is 0 Å². The van der Waals surface area contributed by atoms with Crippen molar-refractivity contribution in [3.8, 4) is 0 Å². The van der Waals surface area contributed by atoms with Gasteiger partial charge in [-0.25, -0.2) is 4.79 Å². The summed E-state index contributed by atoms with van der Waals surface area (Å²) in [6.45, 7) is 11.9. The Bertz CT molecular complexity index is 693. The van der Waals surface area contributed by atoms with Gasteiger partial charge < -0.3 is 47.4 Å². The van der Waals surface area contributed by atoms with Crippen LogP contribution in [0.1, 0.15) is 49.4 Å². The second kappa shape index (κ2) is 33.2. The van der Waals surface area contributed by atoms with Crippen molar-refractivity contribution in [3.63, 3.8) is 0 Å². The highest BCUT2D eigenvalue weighted by Crippen LogP contribution is 2.02. The highest BCUT2D eigenvalue weighted by molar-refractivity contribution is 5.89. The lowest BCUT2D eigenvalue weighted by Gasteiger charge is -2.09. The van der Waals surface area contributed by atoms with Crippen molar-refractivity contribution in [3.05, 3.63) is 35.9 Å². The van der Waals surface area contributed by atoms with E-state index in [1.165, 1.54) is 25.7 Å². The Labute approximate surface area is 258 Å². The summed E-state index contributed by atoms with van der Waals surface area (Å²) in [4.78, 5) is 11.8. The average molecular weight is 617 g/mol. The number of hydrogen-bond donors (Lipinski definition) is 0. The standard InChI is InChI=1S/C32H56O11/c1-2-3-4-5-9-12-34-13-14-35-15-16-36-17-18-37-19-20-38-21-22-39-23-24-40-25-26-41-27-28-42-29-30-43-32(33)31-10-7-6-8-11-31/h6-8,10-11H,2-5,9,12-30H2,1H3. The van der Waals surface area contributed by atoms with Crippen LogP contribution in [-0.2, 0) is 47.4 Å². The molecule has 1 aromatic carbocycles. The normalized spacial score (nSPS) is 11.3. The van der Waals surface area contributed by atoms with E-state index in [-0.39, 0.29) is 12.6 Å². The molecule has 0 saturated carbocycles. The second-order valence-electron chi connectivity index (χ2n) is 9.43. The van der Waals surface area contributed by atoms with E-state index < -0.39 is 0 Å². The van der Waals surface area contributed by atoms with E-state index in [0.717, 1.165) is 13.0 Å². The summed E-state index contributed by atoms with van der Waals surface area (Å²) in [6, 6.07) is 8.87. The SMILES string of the molecule is CCCCCCCOCCOCCOCCOCCOCCOCCOCCOCCOCCOC(=O)c1ccccc1. The van der Waals surface area contributed by atoms with Crippen LogP contribution < -0.4 is 0 Å². The molecule has 0 spiro atoms. The Hall–Kier alpha value is -1.67. The van der Waals surface area contributed by atoms with E-state index in [2.05, 4.69) is 6.92 Å². The van der Waals surface area contributed by atoms with E-state index >= 15 is 0 Å². The zero-order chi connectivity index (χ0) is 30.7. The van der Waals surface area contributed by atoms with Crippen LogP contribution in [0.15, 0.2) is 30.3 Å². The van der Waals surface area contributed by atoms with Gasteiger partial charge in [0.1, 0.15) is 6.61 Å². The first-order valence-electron chi connectivity index (χ1n) is 15.8. The molecule has 0 aliphatic heterocycles. The van der Waals surface area contributed by atoms with Gasteiger partial charge >= 0.3 is 5.97 Å². The molecule has 0 aromatic heterocycles. The molecule has 0 saturated heterocycles. The van der Waals surface area contributed by atoms with Crippen LogP contribution >= 0.6 is 0 Å². The van der Waals surface area contributed by atoms with Gasteiger partial charge in [-0.05, 0) is 18.6 Å². The van der Waals surface area contributed by atoms with Gasteiger partial charge in [0, 0.05) is 6.61 Å². The maximum absolute atomic E-state index is 11.8. The second-order valence-corrected chi connectivity index (χ2v) is 9.43. The van der Waals surface area contributed by atoms with E-state index in [1.807, 2.05) is 6.07 Å². The van der Waals surface area contributed by atoms with Crippen LogP contribution in [0.2, 0.25) is 0 Å². The molecule has 0 radical (unpaired) electrons. The van der Waals surface area contributed by atoms with Gasteiger partial charge in [-0.2, -0.15) is 0 Å². The van der Waals surface area contributed by atoms with Crippen LogP contribution in [-0.4, -0.2) is 132 Å². The lowest BCUT2D eigenvalue weighted by Crippen LogP contribution is -2.15. The maximum Gasteiger partial charge on any atom is 0.338 e. The first-order valence-corrected chi connectivity index (χ1v) is 15.8. The topological polar surface area (TPSA) is 109 Å². The first kappa shape index (κ1) is 39.4. The summed E-state index contributed by atoms with van der Waals surface area (Å²) in [5, 5.41) is 0. The number of carbonyl (C=O) groups excluding carboxylic acids is 1. The molecule has 1 aromatic rings. The van der Waals surface area contributed by atoms with E-state index in [9.17, 15) is 4.79 Å². The van der Waals surface area contributed by atoms with Crippen LogP contribution in [0.25, 0.3) is 0 Å². The van der Waals surface area contributed by atoms with Crippen molar-refractivity contribution in [1.29, 1.82) is 0 Å². The third-order valence-electron chi connectivity index (χ3n) is 5.84. The Morgan fingerprint density at radius 3 is 1.12 bits per heavy atom. The van der Waals surface area contributed by atoms with E-state index in [1.54, 1.807) is 24.3 Å². The Morgan fingerprint density at radius 2 is 0.744 bits per heavy atom. The minimum absolute atomic E-state index is 0.207. The lowest BCUT2D eigenvalue weighted by atomic mass is 10.2. The molecular weight excluding hydrogens is 560 g/mol. The molecule has 0 aliphatic carbocycles. The fourth-order valence-corrected chi connectivity index (χ4v) is 3.52. The number of unbranched alkanes of at least 4 members (excludes halogenated alkanes) is 4. The minimum Gasteiger partial charge on any atom is -0.460 e. The van der Waals surface area contributed by atoms with Crippen molar-refractivity contribution in [2.24, 2.45) is 0 Å². The zero-order valence-electron chi connectivity index (χ0n) is 26.3. The van der Waals surface area contributed by atoms with Gasteiger partial charge in [-0.3, -0.25) is 0 Å². The van der Waals surface area contributed by atoms with Gasteiger partial charge in [0.05, 0.1) is 118 Å². The van der Waals surface area contributed by atoms with E-state index in [0.29, 0.717) is 118 Å². The first-order chi connectivity index (χ1) is 21.3. The molecule has 0 atom stereocenters. The van der Waals surface area contributed by atoms with Crippen LogP contribution in [0.4, 0.5) is 0 Å². The molecule has 11 heteroatoms. The van der Waals surface area contributed by atoms with E-state index in [4.69, 9.17) is 47.4 Å². The van der Waals surface area contributed by atoms with Gasteiger partial charge in [-0.15, -0.1) is 0 Å². The zero-order valence-corrected chi connectivity index (χ0v) is 26.3. The molecule has 11 nitrogen and oxygen atoms in total. The van der Waals surface area contributed by atoms with Crippen molar-refractivity contribution < 1.29 is 52.2 Å². The highest BCUT2D eigenvalue weighted by Gasteiger charge is 2.05. The summed E-state index contributed by atoms with van der Waals surface area (Å²) in [6.07, 6.45) is 6.27. The smallest absolute Gasteiger partial charge is 0.338 e. The summed E-state index contributed by atoms with van der Waals surface area (Å²) < 4.78 is 54.4. The Morgan fingerprint density at radius 1 is 0.419 bits per heavy atom. The molecule has 0 fully saturated rings. The third-order valence-corrected chi connectivity index (χ3v) is 5.84. The van der Waals surface area contributed by atoms with Gasteiger partial charge in [0.25, 0.3) is 0 Å². The van der Waals surface area contributed by atoms with Crippen molar-refractivity contribution in [1.82, 2.24) is 0 Å². The fraction of sp³-hybridized carbons (Fsp3) is 0.781. The monoisotopic (exact) mass is 616 g/mol. The van der Waals surface area contributed by atoms with Gasteiger partial charge in [0.2, 0.25) is 0 Å². The molecule has 1 rings (SSSR count). The number of hydrogen-bond acceptors (Lipinski definition) is 11.